The third-order valence-corrected chi connectivity index (χ3v) is 3.28. The van der Waals surface area contributed by atoms with Crippen LogP contribution in [0.4, 0.5) is 0 Å². The first kappa shape index (κ1) is 15.8. The summed E-state index contributed by atoms with van der Waals surface area (Å²) in [6.07, 6.45) is 14.5. The van der Waals surface area contributed by atoms with Gasteiger partial charge in [-0.25, -0.2) is 4.57 Å². The predicted molar refractivity (Wildman–Crippen MR) is 81.8 cm³/mol. The molecule has 104 valence electrons. The van der Waals surface area contributed by atoms with Gasteiger partial charge in [0.1, 0.15) is 6.54 Å². The van der Waals surface area contributed by atoms with Gasteiger partial charge in [0.25, 0.3) is 0 Å². The lowest BCUT2D eigenvalue weighted by Gasteiger charge is -2.00. The van der Waals surface area contributed by atoms with Gasteiger partial charge in [0.15, 0.2) is 12.4 Å². The highest BCUT2D eigenvalue weighted by Crippen LogP contribution is 2.06. The van der Waals surface area contributed by atoms with Crippen LogP contribution in [0.2, 0.25) is 0 Å². The monoisotopic (exact) mass is 258 g/mol. The summed E-state index contributed by atoms with van der Waals surface area (Å²) >= 11 is 0. The van der Waals surface area contributed by atoms with E-state index in [0.717, 1.165) is 19.4 Å². The van der Waals surface area contributed by atoms with E-state index in [1.54, 1.807) is 0 Å². The summed E-state index contributed by atoms with van der Waals surface area (Å²) in [6.45, 7) is 5.42. The van der Waals surface area contributed by atoms with Crippen LogP contribution in [0.5, 0.6) is 0 Å². The summed E-state index contributed by atoms with van der Waals surface area (Å²) in [5, 5.41) is 0. The summed E-state index contributed by atoms with van der Waals surface area (Å²) in [5.41, 5.74) is 1.34. The van der Waals surface area contributed by atoms with Crippen molar-refractivity contribution in [3.8, 4) is 11.8 Å². The Bertz CT molecular complexity index is 398. The molecule has 0 saturated carbocycles. The van der Waals surface area contributed by atoms with Crippen molar-refractivity contribution in [2.45, 2.75) is 71.8 Å². The molecule has 0 bridgehead atoms. The van der Waals surface area contributed by atoms with Gasteiger partial charge in [-0.3, -0.25) is 0 Å². The highest BCUT2D eigenvalue weighted by atomic mass is 14.9. The Labute approximate surface area is 119 Å². The second kappa shape index (κ2) is 10.6. The van der Waals surface area contributed by atoms with Crippen molar-refractivity contribution >= 4 is 0 Å². The number of aromatic nitrogens is 1. The minimum absolute atomic E-state index is 0.997. The highest BCUT2D eigenvalue weighted by molar-refractivity contribution is 5.01. The minimum atomic E-state index is 0.997. The molecule has 0 amide bonds. The molecule has 0 saturated heterocycles. The summed E-state index contributed by atoms with van der Waals surface area (Å²) in [4.78, 5) is 0. The quantitative estimate of drug-likeness (QED) is 0.369. The molecule has 0 radical (unpaired) electrons. The second-order valence-electron chi connectivity index (χ2n) is 5.20. The lowest BCUT2D eigenvalue weighted by atomic mass is 10.1. The maximum absolute atomic E-state index is 3.21. The Morgan fingerprint density at radius 1 is 1.00 bits per heavy atom. The minimum Gasteiger partial charge on any atom is -0.205 e. The third-order valence-electron chi connectivity index (χ3n) is 3.28. The topological polar surface area (TPSA) is 3.88 Å². The van der Waals surface area contributed by atoms with Crippen LogP contribution in [0.1, 0.15) is 63.9 Å². The van der Waals surface area contributed by atoms with Gasteiger partial charge in [-0.2, -0.15) is 0 Å². The molecular weight excluding hydrogens is 230 g/mol. The smallest absolute Gasteiger partial charge is 0.171 e. The zero-order chi connectivity index (χ0) is 13.8. The van der Waals surface area contributed by atoms with Crippen molar-refractivity contribution in [1.82, 2.24) is 0 Å². The summed E-state index contributed by atoms with van der Waals surface area (Å²) < 4.78 is 2.30. The Kier molecular flexibility index (Phi) is 8.81. The Morgan fingerprint density at radius 3 is 2.47 bits per heavy atom. The molecule has 1 heterocycles. The molecule has 0 aliphatic heterocycles. The van der Waals surface area contributed by atoms with Crippen molar-refractivity contribution in [3.63, 3.8) is 0 Å². The Hall–Kier alpha value is -1.29. The molecule has 1 rings (SSSR count). The fourth-order valence-electron chi connectivity index (χ4n) is 2.22. The van der Waals surface area contributed by atoms with Gasteiger partial charge in [0.05, 0.1) is 0 Å². The summed E-state index contributed by atoms with van der Waals surface area (Å²) in [6, 6.07) is 4.28. The molecule has 0 aliphatic carbocycles. The van der Waals surface area contributed by atoms with E-state index in [1.807, 2.05) is 0 Å². The molecule has 0 aliphatic rings. The molecule has 0 atom stereocenters. The maximum Gasteiger partial charge on any atom is 0.171 e. The van der Waals surface area contributed by atoms with Crippen molar-refractivity contribution in [2.75, 3.05) is 0 Å². The SMILES string of the molecule is CCC#CCCCCCCCC[n+]1cccc(C)c1. The first-order valence-electron chi connectivity index (χ1n) is 7.74. The van der Waals surface area contributed by atoms with E-state index in [-0.39, 0.29) is 0 Å². The zero-order valence-corrected chi connectivity index (χ0v) is 12.6. The van der Waals surface area contributed by atoms with Gasteiger partial charge < -0.3 is 0 Å². The number of rotatable bonds is 8. The average molecular weight is 258 g/mol. The summed E-state index contributed by atoms with van der Waals surface area (Å²) in [7, 11) is 0. The van der Waals surface area contributed by atoms with Crippen molar-refractivity contribution in [2.24, 2.45) is 0 Å². The average Bonchev–Trinajstić information content (AvgIpc) is 2.41. The van der Waals surface area contributed by atoms with Crippen LogP contribution >= 0.6 is 0 Å². The van der Waals surface area contributed by atoms with E-state index in [0.29, 0.717) is 0 Å². The molecule has 1 aromatic heterocycles. The predicted octanol–water partition coefficient (Wildman–Crippen LogP) is 4.43. The van der Waals surface area contributed by atoms with Gasteiger partial charge >= 0.3 is 0 Å². The van der Waals surface area contributed by atoms with Gasteiger partial charge in [0, 0.05) is 30.9 Å². The molecule has 0 unspecified atom stereocenters. The molecule has 1 nitrogen and oxygen atoms in total. The van der Waals surface area contributed by atoms with Crippen LogP contribution < -0.4 is 4.57 Å². The number of aryl methyl sites for hydroxylation is 2. The zero-order valence-electron chi connectivity index (χ0n) is 12.6. The van der Waals surface area contributed by atoms with Gasteiger partial charge in [-0.05, 0) is 25.8 Å². The molecule has 0 aromatic carbocycles. The number of pyridine rings is 1. The summed E-state index contributed by atoms with van der Waals surface area (Å²) in [5.74, 6) is 6.34. The van der Waals surface area contributed by atoms with E-state index in [4.69, 9.17) is 0 Å². The first-order valence-corrected chi connectivity index (χ1v) is 7.74. The molecule has 1 heteroatoms. The van der Waals surface area contributed by atoms with Gasteiger partial charge in [-0.15, -0.1) is 11.8 Å². The van der Waals surface area contributed by atoms with E-state index < -0.39 is 0 Å². The molecular formula is C18H28N+. The molecule has 0 spiro atoms. The van der Waals surface area contributed by atoms with E-state index in [9.17, 15) is 0 Å². The molecule has 1 aromatic rings. The van der Waals surface area contributed by atoms with Crippen molar-refractivity contribution in [1.29, 1.82) is 0 Å². The number of nitrogens with zero attached hydrogens (tertiary/aromatic N) is 1. The number of hydrogen-bond donors (Lipinski definition) is 0. The van der Waals surface area contributed by atoms with E-state index >= 15 is 0 Å². The van der Waals surface area contributed by atoms with E-state index in [2.05, 4.69) is 54.8 Å². The number of hydrogen-bond acceptors (Lipinski definition) is 0. The Morgan fingerprint density at radius 2 is 1.74 bits per heavy atom. The highest BCUT2D eigenvalue weighted by Gasteiger charge is 1.99. The lowest BCUT2D eigenvalue weighted by molar-refractivity contribution is -0.697. The third kappa shape index (κ3) is 8.43. The first-order chi connectivity index (χ1) is 9.33. The van der Waals surface area contributed by atoms with Crippen molar-refractivity contribution < 1.29 is 4.57 Å². The lowest BCUT2D eigenvalue weighted by Crippen LogP contribution is -2.32. The maximum atomic E-state index is 3.21. The normalized spacial score (nSPS) is 10.0. The largest absolute Gasteiger partial charge is 0.205 e. The van der Waals surface area contributed by atoms with Crippen LogP contribution in [0, 0.1) is 18.8 Å². The van der Waals surface area contributed by atoms with Crippen LogP contribution in [0.25, 0.3) is 0 Å². The standard InChI is InChI=1S/C18H28N/c1-3-4-5-6-7-8-9-10-11-12-15-19-16-13-14-18(2)17-19/h13-14,16-17H,3,6-12,15H2,1-2H3/q+1. The van der Waals surface area contributed by atoms with E-state index in [1.165, 1.54) is 44.1 Å². The van der Waals surface area contributed by atoms with Crippen LogP contribution in [0.3, 0.4) is 0 Å². The van der Waals surface area contributed by atoms with Gasteiger partial charge in [0.2, 0.25) is 0 Å². The van der Waals surface area contributed by atoms with Crippen molar-refractivity contribution in [3.05, 3.63) is 30.1 Å². The number of unbranched alkanes of at least 4 members (excludes halogenated alkanes) is 6. The van der Waals surface area contributed by atoms with Gasteiger partial charge in [-0.1, -0.05) is 26.2 Å². The van der Waals surface area contributed by atoms with Crippen LogP contribution in [-0.2, 0) is 6.54 Å². The Balaban J connectivity index is 1.94. The second-order valence-corrected chi connectivity index (χ2v) is 5.20. The molecule has 0 N–H and O–H groups in total. The van der Waals surface area contributed by atoms with Crippen LogP contribution in [0.15, 0.2) is 24.5 Å². The molecule has 19 heavy (non-hydrogen) atoms. The fraction of sp³-hybridized carbons (Fsp3) is 0.611. The fourth-order valence-corrected chi connectivity index (χ4v) is 2.22. The molecule has 0 fully saturated rings. The van der Waals surface area contributed by atoms with Crippen LogP contribution in [-0.4, -0.2) is 0 Å².